The van der Waals surface area contributed by atoms with Crippen molar-refractivity contribution < 1.29 is 18.3 Å². The summed E-state index contributed by atoms with van der Waals surface area (Å²) in [6.07, 6.45) is 2.04. The van der Waals surface area contributed by atoms with Gasteiger partial charge < -0.3 is 5.11 Å². The highest BCUT2D eigenvalue weighted by Gasteiger charge is 2.29. The molecule has 0 aromatic heterocycles. The molecule has 0 heterocycles. The Labute approximate surface area is 136 Å². The topological polar surface area (TPSA) is 83.5 Å². The lowest BCUT2D eigenvalue weighted by atomic mass is 9.87. The molecule has 0 atom stereocenters. The zero-order valence-corrected chi connectivity index (χ0v) is 14.2. The van der Waals surface area contributed by atoms with E-state index >= 15 is 0 Å². The molecule has 1 fully saturated rings. The number of sulfonamides is 1. The van der Waals surface area contributed by atoms with Gasteiger partial charge in [0.2, 0.25) is 10.0 Å². The Morgan fingerprint density at radius 3 is 2.43 bits per heavy atom. The predicted octanol–water partition coefficient (Wildman–Crippen LogP) is 3.02. The highest BCUT2D eigenvalue weighted by Crippen LogP contribution is 2.28. The van der Waals surface area contributed by atoms with Crippen molar-refractivity contribution in [2.24, 2.45) is 5.92 Å². The zero-order valence-electron chi connectivity index (χ0n) is 11.1. The van der Waals surface area contributed by atoms with Gasteiger partial charge >= 0.3 is 5.97 Å². The molecular weight excluding hydrogens is 382 g/mol. The number of carboxylic acids is 1. The van der Waals surface area contributed by atoms with E-state index in [-0.39, 0.29) is 16.9 Å². The van der Waals surface area contributed by atoms with Crippen molar-refractivity contribution in [2.75, 3.05) is 0 Å². The fraction of sp³-hybridized carbons (Fsp3) is 0.462. The Kier molecular flexibility index (Phi) is 5.29. The van der Waals surface area contributed by atoms with E-state index in [0.717, 1.165) is 0 Å². The summed E-state index contributed by atoms with van der Waals surface area (Å²) in [5.41, 5.74) is 0. The lowest BCUT2D eigenvalue weighted by Crippen LogP contribution is -2.38. The molecule has 0 aliphatic heterocycles. The molecule has 0 spiro atoms. The maximum absolute atomic E-state index is 12.3. The van der Waals surface area contributed by atoms with Gasteiger partial charge in [-0.15, -0.1) is 0 Å². The van der Waals surface area contributed by atoms with Gasteiger partial charge in [-0.1, -0.05) is 11.6 Å². The molecule has 1 aromatic carbocycles. The monoisotopic (exact) mass is 395 g/mol. The normalized spacial score (nSPS) is 23.0. The van der Waals surface area contributed by atoms with E-state index in [9.17, 15) is 13.2 Å². The summed E-state index contributed by atoms with van der Waals surface area (Å²) in [6.45, 7) is 0. The third-order valence-electron chi connectivity index (χ3n) is 3.58. The van der Waals surface area contributed by atoms with Crippen molar-refractivity contribution >= 4 is 43.5 Å². The molecule has 1 aliphatic rings. The van der Waals surface area contributed by atoms with Gasteiger partial charge in [0.15, 0.2) is 0 Å². The molecule has 0 unspecified atom stereocenters. The molecule has 21 heavy (non-hydrogen) atoms. The fourth-order valence-electron chi connectivity index (χ4n) is 2.43. The average Bonchev–Trinajstić information content (AvgIpc) is 2.38. The van der Waals surface area contributed by atoms with Gasteiger partial charge in [-0.2, -0.15) is 0 Å². The van der Waals surface area contributed by atoms with E-state index in [1.54, 1.807) is 0 Å². The zero-order chi connectivity index (χ0) is 15.6. The van der Waals surface area contributed by atoms with Crippen LogP contribution in [0.5, 0.6) is 0 Å². The predicted molar refractivity (Wildman–Crippen MR) is 82.9 cm³/mol. The Morgan fingerprint density at radius 1 is 1.29 bits per heavy atom. The molecule has 0 saturated heterocycles. The molecule has 0 bridgehead atoms. The number of rotatable bonds is 4. The van der Waals surface area contributed by atoms with Gasteiger partial charge in [0.05, 0.1) is 10.8 Å². The fourth-order valence-corrected chi connectivity index (χ4v) is 5.12. The largest absolute Gasteiger partial charge is 0.481 e. The second-order valence-electron chi connectivity index (χ2n) is 5.08. The van der Waals surface area contributed by atoms with Gasteiger partial charge in [-0.25, -0.2) is 13.1 Å². The lowest BCUT2D eigenvalue weighted by Gasteiger charge is -2.26. The summed E-state index contributed by atoms with van der Waals surface area (Å²) in [4.78, 5) is 11.0. The van der Waals surface area contributed by atoms with Crippen LogP contribution in [0, 0.1) is 5.92 Å². The summed E-state index contributed by atoms with van der Waals surface area (Å²) in [6, 6.07) is 4.25. The van der Waals surface area contributed by atoms with Gasteiger partial charge in [0.1, 0.15) is 0 Å². The summed E-state index contributed by atoms with van der Waals surface area (Å²) in [5.74, 6) is -1.18. The van der Waals surface area contributed by atoms with Gasteiger partial charge in [0, 0.05) is 15.5 Å². The maximum Gasteiger partial charge on any atom is 0.306 e. The minimum atomic E-state index is -3.65. The average molecular weight is 397 g/mol. The van der Waals surface area contributed by atoms with E-state index in [0.29, 0.717) is 35.2 Å². The number of aliphatic carboxylic acids is 1. The second kappa shape index (κ2) is 6.64. The van der Waals surface area contributed by atoms with Crippen LogP contribution < -0.4 is 4.72 Å². The Hall–Kier alpha value is -0.630. The molecule has 5 nitrogen and oxygen atoms in total. The van der Waals surface area contributed by atoms with Crippen LogP contribution in [0.1, 0.15) is 25.7 Å². The van der Waals surface area contributed by atoms with Gasteiger partial charge in [0.25, 0.3) is 0 Å². The highest BCUT2D eigenvalue weighted by molar-refractivity contribution is 9.10. The first kappa shape index (κ1) is 16.7. The molecule has 2 N–H and O–H groups in total. The third-order valence-corrected chi connectivity index (χ3v) is 6.31. The smallest absolute Gasteiger partial charge is 0.306 e. The Morgan fingerprint density at radius 2 is 1.90 bits per heavy atom. The molecule has 0 amide bonds. The summed E-state index contributed by atoms with van der Waals surface area (Å²) < 4.78 is 27.7. The van der Waals surface area contributed by atoms with Crippen molar-refractivity contribution in [1.82, 2.24) is 4.72 Å². The van der Waals surface area contributed by atoms with E-state index in [1.165, 1.54) is 18.2 Å². The molecule has 0 radical (unpaired) electrons. The standard InChI is InChI=1S/C13H15BrClNO4S/c14-11-7-9(15)3-6-12(11)21(19,20)16-10-4-1-8(2-5-10)13(17)18/h3,6-8,10,16H,1-2,4-5H2,(H,17,18). The van der Waals surface area contributed by atoms with E-state index < -0.39 is 16.0 Å². The van der Waals surface area contributed by atoms with Crippen molar-refractivity contribution in [3.63, 3.8) is 0 Å². The van der Waals surface area contributed by atoms with Crippen LogP contribution in [0.25, 0.3) is 0 Å². The van der Waals surface area contributed by atoms with Crippen LogP contribution in [0.3, 0.4) is 0 Å². The number of carboxylic acid groups (broad SMARTS) is 1. The maximum atomic E-state index is 12.3. The minimum Gasteiger partial charge on any atom is -0.481 e. The first-order chi connectivity index (χ1) is 9.79. The minimum absolute atomic E-state index is 0.132. The van der Waals surface area contributed by atoms with Crippen LogP contribution in [0.2, 0.25) is 5.02 Å². The number of hydrogen-bond donors (Lipinski definition) is 2. The number of halogens is 2. The molecule has 116 valence electrons. The van der Waals surface area contributed by atoms with Crippen LogP contribution >= 0.6 is 27.5 Å². The first-order valence-corrected chi connectivity index (χ1v) is 9.15. The molecule has 1 aromatic rings. The third kappa shape index (κ3) is 4.18. The van der Waals surface area contributed by atoms with E-state index in [1.807, 2.05) is 0 Å². The second-order valence-corrected chi connectivity index (χ2v) is 8.06. The van der Waals surface area contributed by atoms with Gasteiger partial charge in [-0.3, -0.25) is 4.79 Å². The van der Waals surface area contributed by atoms with Crippen LogP contribution in [0.15, 0.2) is 27.6 Å². The van der Waals surface area contributed by atoms with Crippen molar-refractivity contribution in [1.29, 1.82) is 0 Å². The highest BCUT2D eigenvalue weighted by atomic mass is 79.9. The van der Waals surface area contributed by atoms with Crippen molar-refractivity contribution in [2.45, 2.75) is 36.6 Å². The molecule has 1 aliphatic carbocycles. The lowest BCUT2D eigenvalue weighted by molar-refractivity contribution is -0.142. The quantitative estimate of drug-likeness (QED) is 0.819. The van der Waals surface area contributed by atoms with Crippen LogP contribution in [-0.4, -0.2) is 25.5 Å². The molecule has 1 saturated carbocycles. The molecular formula is C13H15BrClNO4S. The van der Waals surface area contributed by atoms with E-state index in [2.05, 4.69) is 20.7 Å². The summed E-state index contributed by atoms with van der Waals surface area (Å²) >= 11 is 9.00. The van der Waals surface area contributed by atoms with Crippen LogP contribution in [0.4, 0.5) is 0 Å². The number of carbonyl (C=O) groups is 1. The number of hydrogen-bond acceptors (Lipinski definition) is 3. The van der Waals surface area contributed by atoms with Gasteiger partial charge in [-0.05, 0) is 59.8 Å². The van der Waals surface area contributed by atoms with Crippen molar-refractivity contribution in [3.8, 4) is 0 Å². The van der Waals surface area contributed by atoms with Crippen LogP contribution in [-0.2, 0) is 14.8 Å². The number of nitrogens with one attached hydrogen (secondary N) is 1. The SMILES string of the molecule is O=C(O)C1CCC(NS(=O)(=O)c2ccc(Cl)cc2Br)CC1. The Bertz CT molecular complexity index is 642. The number of benzene rings is 1. The Balaban J connectivity index is 2.07. The first-order valence-electron chi connectivity index (χ1n) is 6.50. The van der Waals surface area contributed by atoms with Crippen molar-refractivity contribution in [3.05, 3.63) is 27.7 Å². The summed E-state index contributed by atoms with van der Waals surface area (Å²) in [7, 11) is -3.65. The molecule has 8 heteroatoms. The van der Waals surface area contributed by atoms with E-state index in [4.69, 9.17) is 16.7 Å². The summed E-state index contributed by atoms with van der Waals surface area (Å²) in [5, 5.41) is 9.39. The molecule has 2 rings (SSSR count).